The lowest BCUT2D eigenvalue weighted by Crippen LogP contribution is -2.61. The highest BCUT2D eigenvalue weighted by Gasteiger charge is 2.42. The lowest BCUT2D eigenvalue weighted by molar-refractivity contribution is -0.141. The van der Waals surface area contributed by atoms with Gasteiger partial charge in [0.15, 0.2) is 11.3 Å². The van der Waals surface area contributed by atoms with Crippen molar-refractivity contribution in [2.45, 2.75) is 37.1 Å². The molecule has 1 heterocycles. The van der Waals surface area contributed by atoms with Crippen molar-refractivity contribution in [1.82, 2.24) is 10.6 Å². The Labute approximate surface area is 183 Å². The zero-order valence-corrected chi connectivity index (χ0v) is 17.2. The largest absolute Gasteiger partial charge is 0.380 e. The van der Waals surface area contributed by atoms with Crippen molar-refractivity contribution in [1.29, 1.82) is 0 Å². The van der Waals surface area contributed by atoms with E-state index in [0.29, 0.717) is 12.5 Å². The molecule has 2 aromatic carbocycles. The van der Waals surface area contributed by atoms with Crippen molar-refractivity contribution >= 4 is 17.6 Å². The van der Waals surface area contributed by atoms with Gasteiger partial charge >= 0.3 is 0 Å². The summed E-state index contributed by atoms with van der Waals surface area (Å²) in [6.45, 7) is 1.05. The molecule has 2 unspecified atom stereocenters. The predicted molar refractivity (Wildman–Crippen MR) is 112 cm³/mol. The highest BCUT2D eigenvalue weighted by Crippen LogP contribution is 2.23. The molecule has 7 nitrogen and oxygen atoms in total. The smallest absolute Gasteiger partial charge is 0.248 e. The maximum Gasteiger partial charge on any atom is 0.248 e. The van der Waals surface area contributed by atoms with Crippen LogP contribution in [-0.4, -0.2) is 34.3 Å². The number of rotatable bonds is 6. The van der Waals surface area contributed by atoms with E-state index in [1.165, 1.54) is 6.08 Å². The molecular weight excluding hydrogens is 420 g/mol. The number of hydrogen-bond donors (Lipinski definition) is 4. The summed E-state index contributed by atoms with van der Waals surface area (Å²) in [5, 5.41) is 15.5. The molecular formula is C23H23F2N3O4. The number of aliphatic hydroxyl groups is 1. The maximum absolute atomic E-state index is 13.4. The van der Waals surface area contributed by atoms with Gasteiger partial charge < -0.3 is 21.5 Å². The van der Waals surface area contributed by atoms with Gasteiger partial charge in [-0.15, -0.1) is 0 Å². The van der Waals surface area contributed by atoms with Gasteiger partial charge in [-0.2, -0.15) is 0 Å². The number of benzene rings is 2. The van der Waals surface area contributed by atoms with Crippen molar-refractivity contribution in [2.75, 3.05) is 0 Å². The fraction of sp³-hybridized carbons (Fsp3) is 0.261. The van der Waals surface area contributed by atoms with Crippen LogP contribution in [0.1, 0.15) is 36.6 Å². The van der Waals surface area contributed by atoms with E-state index in [1.54, 1.807) is 6.08 Å². The first-order valence-corrected chi connectivity index (χ1v) is 9.90. The number of carbonyl (C=O) groups is 3. The molecule has 168 valence electrons. The molecule has 0 saturated heterocycles. The third kappa shape index (κ3) is 5.06. The standard InChI is InChI=1S/C23H23F2N3O4/c1-23(26,20(30)19(29)14-10-15(24)12-16(25)11-14)22(32)28-18-9-5-8-17(27-21(18)31)13-6-3-2-4-7-13/h2-7,9-12,17-19,29H,8,26H2,1H3,(H,27,31)(H,28,32)/t17?,18-,19-,23?/m0/s1. The summed E-state index contributed by atoms with van der Waals surface area (Å²) < 4.78 is 26.9. The van der Waals surface area contributed by atoms with Gasteiger partial charge in [0.2, 0.25) is 11.8 Å². The average Bonchev–Trinajstić information content (AvgIpc) is 2.94. The molecule has 9 heteroatoms. The van der Waals surface area contributed by atoms with E-state index in [0.717, 1.165) is 24.6 Å². The SMILES string of the molecule is CC(N)(C(=O)N[C@H]1C=CCC(c2ccccc2)NC1=O)C(=O)[C@@H](O)c1cc(F)cc(F)c1. The second-order valence-corrected chi connectivity index (χ2v) is 7.76. The van der Waals surface area contributed by atoms with E-state index < -0.39 is 46.9 Å². The summed E-state index contributed by atoms with van der Waals surface area (Å²) >= 11 is 0. The van der Waals surface area contributed by atoms with Crippen LogP contribution < -0.4 is 16.4 Å². The normalized spacial score (nSPS) is 21.1. The second-order valence-electron chi connectivity index (χ2n) is 7.76. The molecule has 2 aromatic rings. The van der Waals surface area contributed by atoms with E-state index in [4.69, 9.17) is 5.73 Å². The fourth-order valence-corrected chi connectivity index (χ4v) is 3.35. The third-order valence-corrected chi connectivity index (χ3v) is 5.22. The van der Waals surface area contributed by atoms with Crippen LogP contribution in [0.3, 0.4) is 0 Å². The summed E-state index contributed by atoms with van der Waals surface area (Å²) in [6.07, 6.45) is 1.66. The molecule has 0 radical (unpaired) electrons. The number of halogens is 2. The number of Topliss-reactive ketones (excluding diaryl/α,β-unsaturated/α-hetero) is 1. The van der Waals surface area contributed by atoms with Crippen molar-refractivity contribution in [3.8, 4) is 0 Å². The minimum atomic E-state index is -2.28. The molecule has 1 aliphatic heterocycles. The Morgan fingerprint density at radius 3 is 2.44 bits per heavy atom. The van der Waals surface area contributed by atoms with Crippen LogP contribution in [0.5, 0.6) is 0 Å². The van der Waals surface area contributed by atoms with Crippen LogP contribution in [0.15, 0.2) is 60.7 Å². The highest BCUT2D eigenvalue weighted by molar-refractivity contribution is 6.12. The third-order valence-electron chi connectivity index (χ3n) is 5.22. The van der Waals surface area contributed by atoms with Gasteiger partial charge in [-0.3, -0.25) is 14.4 Å². The quantitative estimate of drug-likeness (QED) is 0.399. The number of nitrogens with one attached hydrogen (secondary N) is 2. The Bertz CT molecular complexity index is 1040. The Balaban J connectivity index is 1.71. The molecule has 0 aliphatic carbocycles. The van der Waals surface area contributed by atoms with Gasteiger partial charge in [0.25, 0.3) is 0 Å². The van der Waals surface area contributed by atoms with E-state index in [-0.39, 0.29) is 11.6 Å². The first kappa shape index (κ1) is 23.2. The number of hydrogen-bond acceptors (Lipinski definition) is 5. The van der Waals surface area contributed by atoms with Gasteiger partial charge in [-0.25, -0.2) is 8.78 Å². The van der Waals surface area contributed by atoms with Crippen molar-refractivity contribution in [3.05, 3.63) is 83.4 Å². The average molecular weight is 443 g/mol. The summed E-state index contributed by atoms with van der Waals surface area (Å²) in [5.74, 6) is -4.70. The molecule has 1 aliphatic rings. The van der Waals surface area contributed by atoms with Gasteiger partial charge in [-0.05, 0) is 36.6 Å². The zero-order valence-electron chi connectivity index (χ0n) is 17.2. The van der Waals surface area contributed by atoms with E-state index >= 15 is 0 Å². The van der Waals surface area contributed by atoms with Crippen LogP contribution in [0.2, 0.25) is 0 Å². The number of carbonyl (C=O) groups excluding carboxylic acids is 3. The molecule has 3 rings (SSSR count). The summed E-state index contributed by atoms with van der Waals surface area (Å²) in [7, 11) is 0. The molecule has 2 amide bonds. The van der Waals surface area contributed by atoms with Crippen molar-refractivity contribution < 1.29 is 28.3 Å². The second kappa shape index (κ2) is 9.37. The minimum absolute atomic E-state index is 0.294. The highest BCUT2D eigenvalue weighted by atomic mass is 19.1. The van der Waals surface area contributed by atoms with E-state index in [2.05, 4.69) is 10.6 Å². The Kier molecular flexibility index (Phi) is 6.81. The molecule has 32 heavy (non-hydrogen) atoms. The Hall–Kier alpha value is -3.43. The molecule has 4 atom stereocenters. The monoisotopic (exact) mass is 443 g/mol. The van der Waals surface area contributed by atoms with Crippen LogP contribution >= 0.6 is 0 Å². The minimum Gasteiger partial charge on any atom is -0.380 e. The van der Waals surface area contributed by atoms with Crippen LogP contribution in [0, 0.1) is 11.6 Å². The van der Waals surface area contributed by atoms with Crippen LogP contribution in [-0.2, 0) is 14.4 Å². The number of nitrogens with two attached hydrogens (primary N) is 1. The van der Waals surface area contributed by atoms with Crippen molar-refractivity contribution in [2.24, 2.45) is 5.73 Å². The van der Waals surface area contributed by atoms with Crippen LogP contribution in [0.25, 0.3) is 0 Å². The Morgan fingerprint density at radius 2 is 1.81 bits per heavy atom. The molecule has 0 fully saturated rings. The number of aliphatic hydroxyl groups excluding tert-OH is 1. The Morgan fingerprint density at radius 1 is 1.19 bits per heavy atom. The first-order valence-electron chi connectivity index (χ1n) is 9.90. The molecule has 5 N–H and O–H groups in total. The summed E-state index contributed by atoms with van der Waals surface area (Å²) in [6, 6.07) is 9.99. The summed E-state index contributed by atoms with van der Waals surface area (Å²) in [5.41, 5.74) is 4.11. The van der Waals surface area contributed by atoms with E-state index in [1.807, 2.05) is 30.3 Å². The van der Waals surface area contributed by atoms with Crippen LogP contribution in [0.4, 0.5) is 8.78 Å². The van der Waals surface area contributed by atoms with Crippen molar-refractivity contribution in [3.63, 3.8) is 0 Å². The molecule has 0 aromatic heterocycles. The topological polar surface area (TPSA) is 122 Å². The van der Waals surface area contributed by atoms with Gasteiger partial charge in [0, 0.05) is 6.07 Å². The molecule has 0 spiro atoms. The van der Waals surface area contributed by atoms with Gasteiger partial charge in [0.05, 0.1) is 6.04 Å². The first-order chi connectivity index (χ1) is 15.1. The number of ketones is 1. The zero-order chi connectivity index (χ0) is 23.5. The lowest BCUT2D eigenvalue weighted by atomic mass is 9.89. The molecule has 0 saturated carbocycles. The summed E-state index contributed by atoms with van der Waals surface area (Å²) in [4.78, 5) is 38.0. The molecule has 0 bridgehead atoms. The van der Waals surface area contributed by atoms with Gasteiger partial charge in [-0.1, -0.05) is 42.5 Å². The van der Waals surface area contributed by atoms with E-state index in [9.17, 15) is 28.3 Å². The maximum atomic E-state index is 13.4. The lowest BCUT2D eigenvalue weighted by Gasteiger charge is -2.27. The van der Waals surface area contributed by atoms with Gasteiger partial charge in [0.1, 0.15) is 23.8 Å². The fourth-order valence-electron chi connectivity index (χ4n) is 3.35. The number of amides is 2. The predicted octanol–water partition coefficient (Wildman–Crippen LogP) is 1.59.